The van der Waals surface area contributed by atoms with Crippen LogP contribution in [0.25, 0.3) is 5.69 Å². The predicted molar refractivity (Wildman–Crippen MR) is 78.1 cm³/mol. The smallest absolute Gasteiger partial charge is 0.0783 e. The normalized spacial score (nSPS) is 11.2. The van der Waals surface area contributed by atoms with E-state index in [1.807, 2.05) is 10.9 Å². The molecule has 2 N–H and O–H groups in total. The monoisotopic (exact) mass is 307 g/mol. The van der Waals surface area contributed by atoms with Gasteiger partial charge >= 0.3 is 0 Å². The summed E-state index contributed by atoms with van der Waals surface area (Å²) in [6, 6.07) is 8.50. The Bertz CT molecular complexity index is 514. The predicted octanol–water partition coefficient (Wildman–Crippen LogP) is 3.26. The van der Waals surface area contributed by atoms with Crippen molar-refractivity contribution in [3.8, 4) is 5.69 Å². The van der Waals surface area contributed by atoms with E-state index >= 15 is 0 Å². The van der Waals surface area contributed by atoms with Crippen molar-refractivity contribution in [2.24, 2.45) is 5.73 Å². The first kappa shape index (κ1) is 13.3. The Morgan fingerprint density at radius 2 is 1.94 bits per heavy atom. The average molecular weight is 308 g/mol. The van der Waals surface area contributed by atoms with Crippen LogP contribution < -0.4 is 5.73 Å². The molecule has 0 aliphatic carbocycles. The van der Waals surface area contributed by atoms with Crippen molar-refractivity contribution in [1.82, 2.24) is 9.78 Å². The highest BCUT2D eigenvalue weighted by atomic mass is 79.9. The third-order valence-corrected chi connectivity index (χ3v) is 3.61. The van der Waals surface area contributed by atoms with E-state index in [0.717, 1.165) is 22.3 Å². The van der Waals surface area contributed by atoms with Crippen molar-refractivity contribution in [3.05, 3.63) is 46.2 Å². The van der Waals surface area contributed by atoms with Gasteiger partial charge in [-0.25, -0.2) is 4.68 Å². The molecule has 0 aliphatic rings. The topological polar surface area (TPSA) is 43.8 Å². The lowest BCUT2D eigenvalue weighted by Gasteiger charge is -2.06. The molecule has 0 bridgehead atoms. The van der Waals surface area contributed by atoms with Gasteiger partial charge in [0.15, 0.2) is 0 Å². The fraction of sp³-hybridized carbons (Fsp3) is 0.357. The second-order valence-electron chi connectivity index (χ2n) is 4.65. The van der Waals surface area contributed by atoms with Crippen LogP contribution in [0.2, 0.25) is 0 Å². The zero-order valence-electron chi connectivity index (χ0n) is 10.7. The molecule has 1 aromatic heterocycles. The first-order valence-electron chi connectivity index (χ1n) is 6.16. The first-order valence-corrected chi connectivity index (χ1v) is 6.95. The molecule has 0 radical (unpaired) electrons. The van der Waals surface area contributed by atoms with E-state index in [4.69, 9.17) is 5.73 Å². The number of rotatable bonds is 4. The molecular formula is C14H18BrN3. The molecule has 0 fully saturated rings. The minimum Gasteiger partial charge on any atom is -0.330 e. The Kier molecular flexibility index (Phi) is 4.19. The van der Waals surface area contributed by atoms with Gasteiger partial charge in [-0.05, 0) is 46.1 Å². The van der Waals surface area contributed by atoms with Crippen LogP contribution in [-0.2, 0) is 6.42 Å². The van der Waals surface area contributed by atoms with E-state index in [9.17, 15) is 0 Å². The van der Waals surface area contributed by atoms with Crippen LogP contribution in [0.5, 0.6) is 0 Å². The summed E-state index contributed by atoms with van der Waals surface area (Å²) in [7, 11) is 0. The van der Waals surface area contributed by atoms with Gasteiger partial charge in [-0.2, -0.15) is 5.10 Å². The molecule has 4 heteroatoms. The molecule has 0 saturated carbocycles. The fourth-order valence-electron chi connectivity index (χ4n) is 1.84. The Morgan fingerprint density at radius 1 is 1.28 bits per heavy atom. The van der Waals surface area contributed by atoms with E-state index in [0.29, 0.717) is 12.5 Å². The van der Waals surface area contributed by atoms with E-state index in [1.54, 1.807) is 0 Å². The standard InChI is InChI=1S/C14H18BrN3/c1-10(2)11-3-5-12(6-4-11)18-9-13(15)14(17-18)7-8-16/h3-6,9-10H,7-8,16H2,1-2H3. The Morgan fingerprint density at radius 3 is 2.50 bits per heavy atom. The van der Waals surface area contributed by atoms with Crippen molar-refractivity contribution in [2.45, 2.75) is 26.2 Å². The highest BCUT2D eigenvalue weighted by Crippen LogP contribution is 2.20. The minimum atomic E-state index is 0.552. The third kappa shape index (κ3) is 2.82. The van der Waals surface area contributed by atoms with Gasteiger partial charge in [0.25, 0.3) is 0 Å². The molecule has 0 atom stereocenters. The molecular weight excluding hydrogens is 290 g/mol. The third-order valence-electron chi connectivity index (χ3n) is 2.95. The van der Waals surface area contributed by atoms with Crippen LogP contribution in [0, 0.1) is 0 Å². The summed E-state index contributed by atoms with van der Waals surface area (Å²) in [6.45, 7) is 5.00. The zero-order valence-corrected chi connectivity index (χ0v) is 12.3. The van der Waals surface area contributed by atoms with Gasteiger partial charge in [-0.15, -0.1) is 0 Å². The molecule has 3 nitrogen and oxygen atoms in total. The minimum absolute atomic E-state index is 0.552. The molecule has 2 aromatic rings. The molecule has 0 unspecified atom stereocenters. The van der Waals surface area contributed by atoms with Gasteiger partial charge in [-0.1, -0.05) is 26.0 Å². The van der Waals surface area contributed by atoms with Gasteiger partial charge in [-0.3, -0.25) is 0 Å². The average Bonchev–Trinajstić information content (AvgIpc) is 2.72. The van der Waals surface area contributed by atoms with Gasteiger partial charge in [0.2, 0.25) is 0 Å². The van der Waals surface area contributed by atoms with Crippen LogP contribution >= 0.6 is 15.9 Å². The van der Waals surface area contributed by atoms with Gasteiger partial charge in [0, 0.05) is 12.6 Å². The lowest BCUT2D eigenvalue weighted by Crippen LogP contribution is -2.04. The number of nitrogens with zero attached hydrogens (tertiary/aromatic N) is 2. The largest absolute Gasteiger partial charge is 0.330 e. The Balaban J connectivity index is 2.28. The SMILES string of the molecule is CC(C)c1ccc(-n2cc(Br)c(CCN)n2)cc1. The summed E-state index contributed by atoms with van der Waals surface area (Å²) in [4.78, 5) is 0. The number of aromatic nitrogens is 2. The summed E-state index contributed by atoms with van der Waals surface area (Å²) in [6.07, 6.45) is 2.77. The number of hydrogen-bond donors (Lipinski definition) is 1. The zero-order chi connectivity index (χ0) is 13.1. The molecule has 1 heterocycles. The summed E-state index contributed by atoms with van der Waals surface area (Å²) in [5.74, 6) is 0.552. The Hall–Kier alpha value is -1.13. The van der Waals surface area contributed by atoms with Crippen LogP contribution in [0.4, 0.5) is 0 Å². The number of benzene rings is 1. The van der Waals surface area contributed by atoms with Crippen LogP contribution in [0.15, 0.2) is 34.9 Å². The van der Waals surface area contributed by atoms with Gasteiger partial charge in [0.1, 0.15) is 0 Å². The van der Waals surface area contributed by atoms with Crippen molar-refractivity contribution in [2.75, 3.05) is 6.54 Å². The summed E-state index contributed by atoms with van der Waals surface area (Å²) in [5, 5.41) is 4.53. The summed E-state index contributed by atoms with van der Waals surface area (Å²) in [5.41, 5.74) is 8.98. The maximum Gasteiger partial charge on any atom is 0.0783 e. The lowest BCUT2D eigenvalue weighted by molar-refractivity contribution is 0.817. The van der Waals surface area contributed by atoms with E-state index in [-0.39, 0.29) is 0 Å². The van der Waals surface area contributed by atoms with Crippen molar-refractivity contribution >= 4 is 15.9 Å². The van der Waals surface area contributed by atoms with E-state index in [1.165, 1.54) is 5.56 Å². The molecule has 0 aliphatic heterocycles. The molecule has 1 aromatic carbocycles. The molecule has 2 rings (SSSR count). The van der Waals surface area contributed by atoms with Gasteiger partial charge < -0.3 is 5.73 Å². The number of nitrogens with two attached hydrogens (primary N) is 1. The maximum atomic E-state index is 5.56. The van der Waals surface area contributed by atoms with Crippen molar-refractivity contribution in [3.63, 3.8) is 0 Å². The lowest BCUT2D eigenvalue weighted by atomic mass is 10.0. The number of halogens is 1. The van der Waals surface area contributed by atoms with Gasteiger partial charge in [0.05, 0.1) is 15.9 Å². The van der Waals surface area contributed by atoms with Crippen LogP contribution in [-0.4, -0.2) is 16.3 Å². The number of hydrogen-bond acceptors (Lipinski definition) is 2. The molecule has 96 valence electrons. The summed E-state index contributed by atoms with van der Waals surface area (Å²) < 4.78 is 2.90. The van der Waals surface area contributed by atoms with E-state index < -0.39 is 0 Å². The van der Waals surface area contributed by atoms with E-state index in [2.05, 4.69) is 59.1 Å². The van der Waals surface area contributed by atoms with Crippen LogP contribution in [0.1, 0.15) is 31.0 Å². The Labute approximate surface area is 116 Å². The fourth-order valence-corrected chi connectivity index (χ4v) is 2.31. The molecule has 0 saturated heterocycles. The first-order chi connectivity index (χ1) is 8.61. The van der Waals surface area contributed by atoms with Crippen LogP contribution in [0.3, 0.4) is 0 Å². The quantitative estimate of drug-likeness (QED) is 0.942. The summed E-state index contributed by atoms with van der Waals surface area (Å²) >= 11 is 3.51. The second kappa shape index (κ2) is 5.67. The molecule has 18 heavy (non-hydrogen) atoms. The molecule has 0 spiro atoms. The van der Waals surface area contributed by atoms with Crippen molar-refractivity contribution in [1.29, 1.82) is 0 Å². The maximum absolute atomic E-state index is 5.56. The molecule has 0 amide bonds. The van der Waals surface area contributed by atoms with Crippen molar-refractivity contribution < 1.29 is 0 Å². The second-order valence-corrected chi connectivity index (χ2v) is 5.51. The highest BCUT2D eigenvalue weighted by Gasteiger charge is 2.07. The highest BCUT2D eigenvalue weighted by molar-refractivity contribution is 9.10.